The topological polar surface area (TPSA) is 113 Å². The van der Waals surface area contributed by atoms with Gasteiger partial charge >= 0.3 is 5.69 Å². The molecule has 202 valence electrons. The first kappa shape index (κ1) is 26.6. The summed E-state index contributed by atoms with van der Waals surface area (Å²) >= 11 is 6.91. The fourth-order valence-corrected chi connectivity index (χ4v) is 5.50. The Balaban J connectivity index is 1.47. The van der Waals surface area contributed by atoms with E-state index in [4.69, 9.17) is 9.15 Å². The molecule has 6 aromatic rings. The van der Waals surface area contributed by atoms with Crippen molar-refractivity contribution in [3.05, 3.63) is 132 Å². The summed E-state index contributed by atoms with van der Waals surface area (Å²) in [5.74, 6) is 0.554. The smallest absolute Gasteiger partial charge is 0.311 e. The maximum absolute atomic E-state index is 13.6. The summed E-state index contributed by atoms with van der Waals surface area (Å²) in [4.78, 5) is 29.7. The van der Waals surface area contributed by atoms with Crippen molar-refractivity contribution in [1.82, 2.24) is 9.66 Å². The number of para-hydroxylation sites is 3. The van der Waals surface area contributed by atoms with Gasteiger partial charge in [0.25, 0.3) is 5.56 Å². The Kier molecular flexibility index (Phi) is 7.21. The second-order valence-corrected chi connectivity index (χ2v) is 10.7. The van der Waals surface area contributed by atoms with Crippen LogP contribution in [0, 0.1) is 10.1 Å². The first-order valence-electron chi connectivity index (χ1n) is 12.3. The van der Waals surface area contributed by atoms with Crippen LogP contribution in [0.1, 0.15) is 11.1 Å². The zero-order chi connectivity index (χ0) is 28.5. The second kappa shape index (κ2) is 11.1. The van der Waals surface area contributed by atoms with Gasteiger partial charge in [-0.1, -0.05) is 74.3 Å². The molecule has 0 saturated carbocycles. The Morgan fingerprint density at radius 1 is 1.00 bits per heavy atom. The molecule has 0 spiro atoms. The van der Waals surface area contributed by atoms with Crippen molar-refractivity contribution in [2.75, 3.05) is 0 Å². The summed E-state index contributed by atoms with van der Waals surface area (Å²) in [5.41, 5.74) is 1.56. The third-order valence-electron chi connectivity index (χ3n) is 6.32. The first-order valence-corrected chi connectivity index (χ1v) is 13.9. The summed E-state index contributed by atoms with van der Waals surface area (Å²) < 4.78 is 14.8. The molecule has 41 heavy (non-hydrogen) atoms. The minimum absolute atomic E-state index is 0.0168. The molecule has 0 radical (unpaired) electrons. The summed E-state index contributed by atoms with van der Waals surface area (Å²) in [6.07, 6.45) is 1.35. The quantitative estimate of drug-likeness (QED) is 0.0975. The van der Waals surface area contributed by atoms with E-state index in [-0.39, 0.29) is 23.9 Å². The van der Waals surface area contributed by atoms with Crippen LogP contribution in [0.4, 0.5) is 5.69 Å². The van der Waals surface area contributed by atoms with E-state index in [1.807, 2.05) is 42.5 Å². The molecule has 0 aliphatic heterocycles. The third kappa shape index (κ3) is 5.29. The van der Waals surface area contributed by atoms with Crippen molar-refractivity contribution in [2.45, 2.75) is 6.61 Å². The Hall–Kier alpha value is -4.61. The summed E-state index contributed by atoms with van der Waals surface area (Å²) in [6.45, 7) is 0.0568. The van der Waals surface area contributed by atoms with Crippen LogP contribution in [0.25, 0.3) is 33.5 Å². The monoisotopic (exact) mass is 672 g/mol. The van der Waals surface area contributed by atoms with Gasteiger partial charge in [-0.3, -0.25) is 14.9 Å². The van der Waals surface area contributed by atoms with Crippen molar-refractivity contribution in [3.8, 4) is 17.3 Å². The molecule has 0 bridgehead atoms. The van der Waals surface area contributed by atoms with Crippen molar-refractivity contribution in [1.29, 1.82) is 0 Å². The predicted octanol–water partition coefficient (Wildman–Crippen LogP) is 7.70. The minimum Gasteiger partial charge on any atom is -0.481 e. The number of fused-ring (bicyclic) bond motifs is 2. The molecule has 6 rings (SSSR count). The maximum Gasteiger partial charge on any atom is 0.311 e. The van der Waals surface area contributed by atoms with Gasteiger partial charge in [0.05, 0.1) is 22.0 Å². The van der Waals surface area contributed by atoms with Gasteiger partial charge in [0.1, 0.15) is 12.2 Å². The van der Waals surface area contributed by atoms with Gasteiger partial charge in [-0.05, 0) is 42.5 Å². The van der Waals surface area contributed by atoms with E-state index in [0.717, 1.165) is 24.6 Å². The van der Waals surface area contributed by atoms with Crippen LogP contribution >= 0.6 is 31.9 Å². The average Bonchev–Trinajstić information content (AvgIpc) is 3.40. The van der Waals surface area contributed by atoms with Crippen LogP contribution in [0.5, 0.6) is 5.75 Å². The molecule has 2 aromatic heterocycles. The number of furan rings is 1. The minimum atomic E-state index is -0.521. The van der Waals surface area contributed by atoms with Crippen LogP contribution in [-0.2, 0) is 6.61 Å². The highest BCUT2D eigenvalue weighted by molar-refractivity contribution is 9.11. The van der Waals surface area contributed by atoms with E-state index in [9.17, 15) is 14.9 Å². The summed E-state index contributed by atoms with van der Waals surface area (Å²) in [6, 6.07) is 26.3. The number of hydrogen-bond acceptors (Lipinski definition) is 7. The molecule has 0 N–H and O–H groups in total. The van der Waals surface area contributed by atoms with Crippen LogP contribution in [-0.4, -0.2) is 20.8 Å². The molecule has 9 nitrogen and oxygen atoms in total. The zero-order valence-electron chi connectivity index (χ0n) is 21.0. The Bertz CT molecular complexity index is 2020. The number of nitro groups is 1. The van der Waals surface area contributed by atoms with Gasteiger partial charge < -0.3 is 9.15 Å². The van der Waals surface area contributed by atoms with Crippen LogP contribution in [0.2, 0.25) is 0 Å². The van der Waals surface area contributed by atoms with Gasteiger partial charge in [0.15, 0.2) is 5.76 Å². The molecule has 0 unspecified atom stereocenters. The van der Waals surface area contributed by atoms with E-state index >= 15 is 0 Å². The molecule has 4 aromatic carbocycles. The normalized spacial score (nSPS) is 11.5. The van der Waals surface area contributed by atoms with Crippen LogP contribution < -0.4 is 10.3 Å². The highest BCUT2D eigenvalue weighted by Crippen LogP contribution is 2.32. The SMILES string of the molecule is O=c1c2ccccc2nc(-c2cc3ccccc3o2)n1N=Cc1cccc([N+](=O)[O-])c1OCc1ccc(Br)cc1Br. The molecular weight excluding hydrogens is 656 g/mol. The van der Waals surface area contributed by atoms with E-state index in [0.29, 0.717) is 27.8 Å². The number of benzene rings is 4. The zero-order valence-corrected chi connectivity index (χ0v) is 24.2. The van der Waals surface area contributed by atoms with E-state index in [2.05, 4.69) is 41.9 Å². The number of nitro benzene ring substituents is 1. The predicted molar refractivity (Wildman–Crippen MR) is 163 cm³/mol. The molecule has 11 heteroatoms. The fraction of sp³-hybridized carbons (Fsp3) is 0.0333. The van der Waals surface area contributed by atoms with Crippen molar-refractivity contribution in [2.24, 2.45) is 5.10 Å². The Morgan fingerprint density at radius 3 is 2.61 bits per heavy atom. The van der Waals surface area contributed by atoms with E-state index in [1.165, 1.54) is 18.3 Å². The molecule has 0 amide bonds. The molecular formula is C30H18Br2N4O5. The lowest BCUT2D eigenvalue weighted by atomic mass is 10.2. The van der Waals surface area contributed by atoms with E-state index in [1.54, 1.807) is 36.4 Å². The van der Waals surface area contributed by atoms with Gasteiger partial charge in [-0.15, -0.1) is 0 Å². The molecule has 0 fully saturated rings. The number of rotatable bonds is 7. The largest absolute Gasteiger partial charge is 0.481 e. The van der Waals surface area contributed by atoms with Crippen molar-refractivity contribution < 1.29 is 14.1 Å². The number of halogens is 2. The van der Waals surface area contributed by atoms with Gasteiger partial charge in [-0.25, -0.2) is 4.98 Å². The average molecular weight is 674 g/mol. The Morgan fingerprint density at radius 2 is 1.80 bits per heavy atom. The first-order chi connectivity index (χ1) is 19.9. The Labute approximate surface area is 249 Å². The summed E-state index contributed by atoms with van der Waals surface area (Å²) in [7, 11) is 0. The molecule has 2 heterocycles. The highest BCUT2D eigenvalue weighted by atomic mass is 79.9. The van der Waals surface area contributed by atoms with Gasteiger partial charge in [0.2, 0.25) is 11.6 Å². The van der Waals surface area contributed by atoms with Crippen molar-refractivity contribution >= 4 is 65.6 Å². The highest BCUT2D eigenvalue weighted by Gasteiger charge is 2.20. The molecule has 0 aliphatic rings. The van der Waals surface area contributed by atoms with Gasteiger partial charge in [-0.2, -0.15) is 9.78 Å². The lowest BCUT2D eigenvalue weighted by molar-refractivity contribution is -0.386. The van der Waals surface area contributed by atoms with Crippen molar-refractivity contribution in [3.63, 3.8) is 0 Å². The molecule has 0 aliphatic carbocycles. The van der Waals surface area contributed by atoms with Crippen LogP contribution in [0.15, 0.2) is 114 Å². The number of nitrogens with zero attached hydrogens (tertiary/aromatic N) is 4. The fourth-order valence-electron chi connectivity index (χ4n) is 4.34. The third-order valence-corrected chi connectivity index (χ3v) is 7.55. The second-order valence-electron chi connectivity index (χ2n) is 8.94. The molecule has 0 saturated heterocycles. The number of hydrogen-bond donors (Lipinski definition) is 0. The standard InChI is InChI=1S/C30H18Br2N4O5/c31-21-13-12-20(23(32)15-21)17-40-28-19(7-5-10-25(28)36(38)39)16-33-35-29(27-14-18-6-1-4-11-26(18)41-27)34-24-9-3-2-8-22(24)30(35)37/h1-16H,17H2. The van der Waals surface area contributed by atoms with Gasteiger partial charge in [0, 0.05) is 31.5 Å². The lowest BCUT2D eigenvalue weighted by Gasteiger charge is -2.11. The lowest BCUT2D eigenvalue weighted by Crippen LogP contribution is -2.20. The number of ether oxygens (including phenoxy) is 1. The number of aromatic nitrogens is 2. The molecule has 0 atom stereocenters. The summed E-state index contributed by atoms with van der Waals surface area (Å²) in [5, 5.41) is 17.5. The van der Waals surface area contributed by atoms with Crippen LogP contribution in [0.3, 0.4) is 0 Å². The maximum atomic E-state index is 13.6. The van der Waals surface area contributed by atoms with E-state index < -0.39 is 10.5 Å².